The van der Waals surface area contributed by atoms with Gasteiger partial charge in [-0.1, -0.05) is 11.6 Å². The second kappa shape index (κ2) is 8.48. The summed E-state index contributed by atoms with van der Waals surface area (Å²) in [7, 11) is 0. The van der Waals surface area contributed by atoms with Crippen LogP contribution in [0.1, 0.15) is 20.8 Å². The van der Waals surface area contributed by atoms with Crippen LogP contribution in [0.4, 0.5) is 15.0 Å². The normalized spacial score (nSPS) is 14.9. The van der Waals surface area contributed by atoms with E-state index in [1.807, 2.05) is 25.7 Å². The fraction of sp³-hybridized carbons (Fsp3) is 0.400. The third-order valence-electron chi connectivity index (χ3n) is 4.69. The Morgan fingerprint density at radius 1 is 1.26 bits per heavy atom. The van der Waals surface area contributed by atoms with Crippen LogP contribution in [-0.2, 0) is 4.74 Å². The summed E-state index contributed by atoms with van der Waals surface area (Å²) in [6, 6.07) is 1.66. The largest absolute Gasteiger partial charge is 0.444 e. The van der Waals surface area contributed by atoms with Gasteiger partial charge >= 0.3 is 6.09 Å². The number of piperazine rings is 1. The molecule has 1 aliphatic heterocycles. The Hall–Kier alpha value is -2.04. The summed E-state index contributed by atoms with van der Waals surface area (Å²) < 4.78 is 20.7. The Morgan fingerprint density at radius 2 is 1.97 bits per heavy atom. The van der Waals surface area contributed by atoms with Crippen LogP contribution in [0.15, 0.2) is 22.2 Å². The first-order chi connectivity index (χ1) is 14.6. The molecule has 4 rings (SSSR count). The van der Waals surface area contributed by atoms with E-state index in [1.54, 1.807) is 22.7 Å². The van der Waals surface area contributed by atoms with Crippen LogP contribution < -0.4 is 4.90 Å². The average Bonchev–Trinajstić information content (AvgIpc) is 3.25. The standard InChI is InChI=1S/C20H20BrClFN5O2S/c1-20(2,3)30-19(29)28-6-4-27(5-7-28)18-11-8-12(22)14(21)15(23)16(11)25-17(26-18)13-9-24-10-31-13/h8-10H,4-7H2,1-3H3. The molecule has 2 aromatic heterocycles. The average molecular weight is 529 g/mol. The SMILES string of the molecule is CC(C)(C)OC(=O)N1CCN(c2nc(-c3cncs3)nc3c(F)c(Br)c(Cl)cc23)CC1. The lowest BCUT2D eigenvalue weighted by Gasteiger charge is -2.36. The molecule has 11 heteroatoms. The molecule has 31 heavy (non-hydrogen) atoms. The zero-order valence-electron chi connectivity index (χ0n) is 17.2. The van der Waals surface area contributed by atoms with E-state index >= 15 is 4.39 Å². The Bertz CT molecular complexity index is 1130. The number of carbonyl (C=O) groups is 1. The molecule has 3 heterocycles. The molecular formula is C20H20BrClFN5O2S. The van der Waals surface area contributed by atoms with Gasteiger partial charge in [0.2, 0.25) is 0 Å². The van der Waals surface area contributed by atoms with Crippen molar-refractivity contribution in [3.8, 4) is 10.7 Å². The summed E-state index contributed by atoms with van der Waals surface area (Å²) in [5.74, 6) is 0.433. The molecule has 1 amide bonds. The zero-order valence-corrected chi connectivity index (χ0v) is 20.3. The van der Waals surface area contributed by atoms with E-state index in [9.17, 15) is 4.79 Å². The first-order valence-electron chi connectivity index (χ1n) is 9.61. The molecule has 164 valence electrons. The van der Waals surface area contributed by atoms with Crippen molar-refractivity contribution in [2.45, 2.75) is 26.4 Å². The number of ether oxygens (including phenoxy) is 1. The molecule has 1 saturated heterocycles. The minimum Gasteiger partial charge on any atom is -0.444 e. The minimum absolute atomic E-state index is 0.163. The predicted molar refractivity (Wildman–Crippen MR) is 123 cm³/mol. The lowest BCUT2D eigenvalue weighted by atomic mass is 10.2. The van der Waals surface area contributed by atoms with Crippen molar-refractivity contribution in [2.75, 3.05) is 31.1 Å². The molecule has 3 aromatic rings. The van der Waals surface area contributed by atoms with Crippen LogP contribution in [-0.4, -0.2) is 57.7 Å². The third kappa shape index (κ3) is 4.61. The second-order valence-corrected chi connectivity index (χ2v) is 10.2. The monoisotopic (exact) mass is 527 g/mol. The van der Waals surface area contributed by atoms with Gasteiger partial charge in [-0.15, -0.1) is 11.3 Å². The first kappa shape index (κ1) is 22.2. The molecule has 0 aliphatic carbocycles. The number of amides is 1. The van der Waals surface area contributed by atoms with Gasteiger partial charge in [0.15, 0.2) is 11.6 Å². The van der Waals surface area contributed by atoms with E-state index in [0.29, 0.717) is 43.2 Å². The van der Waals surface area contributed by atoms with Crippen LogP contribution >= 0.6 is 38.9 Å². The number of hydrogen-bond donors (Lipinski definition) is 0. The molecule has 1 aliphatic rings. The van der Waals surface area contributed by atoms with Crippen LogP contribution in [0.5, 0.6) is 0 Å². The third-order valence-corrected chi connectivity index (χ3v) is 6.76. The molecule has 7 nitrogen and oxygen atoms in total. The highest BCUT2D eigenvalue weighted by Gasteiger charge is 2.28. The smallest absolute Gasteiger partial charge is 0.410 e. The van der Waals surface area contributed by atoms with E-state index in [1.165, 1.54) is 11.3 Å². The van der Waals surface area contributed by atoms with Gasteiger partial charge in [0.25, 0.3) is 0 Å². The van der Waals surface area contributed by atoms with Crippen molar-refractivity contribution in [1.29, 1.82) is 0 Å². The number of nitrogens with zero attached hydrogens (tertiary/aromatic N) is 5. The number of anilines is 1. The number of halogens is 3. The highest BCUT2D eigenvalue weighted by atomic mass is 79.9. The van der Waals surface area contributed by atoms with E-state index in [0.717, 1.165) is 4.88 Å². The number of carbonyl (C=O) groups excluding carboxylic acids is 1. The van der Waals surface area contributed by atoms with Crippen molar-refractivity contribution in [2.24, 2.45) is 0 Å². The van der Waals surface area contributed by atoms with Gasteiger partial charge in [-0.25, -0.2) is 19.2 Å². The Labute approximate surface area is 196 Å². The summed E-state index contributed by atoms with van der Waals surface area (Å²) in [6.07, 6.45) is 1.31. The van der Waals surface area contributed by atoms with Gasteiger partial charge in [0, 0.05) is 37.8 Å². The highest BCUT2D eigenvalue weighted by Crippen LogP contribution is 2.37. The van der Waals surface area contributed by atoms with Gasteiger partial charge in [0.05, 0.1) is 19.9 Å². The second-order valence-electron chi connectivity index (χ2n) is 8.07. The Kier molecular flexibility index (Phi) is 6.06. The Balaban J connectivity index is 1.70. The molecule has 0 radical (unpaired) electrons. The number of thiazole rings is 1. The van der Waals surface area contributed by atoms with E-state index < -0.39 is 11.4 Å². The maximum atomic E-state index is 15.0. The summed E-state index contributed by atoms with van der Waals surface area (Å²) in [4.78, 5) is 30.0. The zero-order chi connectivity index (χ0) is 22.3. The molecule has 0 N–H and O–H groups in total. The van der Waals surface area contributed by atoms with Gasteiger partial charge in [-0.3, -0.25) is 4.98 Å². The van der Waals surface area contributed by atoms with Gasteiger partial charge in [-0.2, -0.15) is 0 Å². The van der Waals surface area contributed by atoms with Crippen LogP contribution in [0, 0.1) is 5.82 Å². The molecule has 1 fully saturated rings. The number of rotatable bonds is 2. The van der Waals surface area contributed by atoms with E-state index in [2.05, 4.69) is 25.9 Å². The van der Waals surface area contributed by atoms with Crippen molar-refractivity contribution < 1.29 is 13.9 Å². The summed E-state index contributed by atoms with van der Waals surface area (Å²) in [5, 5.41) is 0.762. The molecule has 1 aromatic carbocycles. The molecule has 0 atom stereocenters. The van der Waals surface area contributed by atoms with Crippen molar-refractivity contribution in [3.05, 3.63) is 33.1 Å². The number of aromatic nitrogens is 3. The van der Waals surface area contributed by atoms with Crippen molar-refractivity contribution in [3.63, 3.8) is 0 Å². The number of benzene rings is 1. The highest BCUT2D eigenvalue weighted by molar-refractivity contribution is 9.10. The van der Waals surface area contributed by atoms with Crippen molar-refractivity contribution in [1.82, 2.24) is 19.9 Å². The first-order valence-corrected chi connectivity index (χ1v) is 11.7. The summed E-state index contributed by atoms with van der Waals surface area (Å²) in [5.41, 5.74) is 1.30. The molecule has 0 unspecified atom stereocenters. The maximum absolute atomic E-state index is 15.0. The van der Waals surface area contributed by atoms with Gasteiger partial charge < -0.3 is 14.5 Å². The van der Waals surface area contributed by atoms with Crippen LogP contribution in [0.3, 0.4) is 0 Å². The van der Waals surface area contributed by atoms with Crippen LogP contribution in [0.2, 0.25) is 5.02 Å². The quantitative estimate of drug-likeness (QED) is 0.417. The summed E-state index contributed by atoms with van der Waals surface area (Å²) in [6.45, 7) is 7.47. The van der Waals surface area contributed by atoms with Crippen molar-refractivity contribution >= 4 is 61.7 Å². The molecule has 0 spiro atoms. The maximum Gasteiger partial charge on any atom is 0.410 e. The number of hydrogen-bond acceptors (Lipinski definition) is 7. The topological polar surface area (TPSA) is 71.5 Å². The number of fused-ring (bicyclic) bond motifs is 1. The predicted octanol–water partition coefficient (Wildman–Crippen LogP) is 5.37. The fourth-order valence-electron chi connectivity index (χ4n) is 3.26. The molecular weight excluding hydrogens is 509 g/mol. The molecule has 0 saturated carbocycles. The fourth-order valence-corrected chi connectivity index (χ4v) is 4.31. The lowest BCUT2D eigenvalue weighted by Crippen LogP contribution is -2.50. The molecule has 0 bridgehead atoms. The van der Waals surface area contributed by atoms with Crippen LogP contribution in [0.25, 0.3) is 21.6 Å². The van der Waals surface area contributed by atoms with E-state index in [-0.39, 0.29) is 21.1 Å². The summed E-state index contributed by atoms with van der Waals surface area (Å²) >= 11 is 10.8. The van der Waals surface area contributed by atoms with Gasteiger partial charge in [0.1, 0.15) is 16.9 Å². The Morgan fingerprint density at radius 3 is 2.58 bits per heavy atom. The van der Waals surface area contributed by atoms with Gasteiger partial charge in [-0.05, 0) is 42.8 Å². The lowest BCUT2D eigenvalue weighted by molar-refractivity contribution is 0.0240. The van der Waals surface area contributed by atoms with E-state index in [4.69, 9.17) is 21.3 Å². The minimum atomic E-state index is -0.553.